The van der Waals surface area contributed by atoms with Crippen molar-refractivity contribution in [3.05, 3.63) is 23.6 Å². The van der Waals surface area contributed by atoms with E-state index in [1.165, 1.54) is 6.07 Å². The van der Waals surface area contributed by atoms with Gasteiger partial charge in [0, 0.05) is 16.9 Å². The van der Waals surface area contributed by atoms with Crippen molar-refractivity contribution in [3.63, 3.8) is 0 Å². The van der Waals surface area contributed by atoms with Gasteiger partial charge in [0.25, 0.3) is 0 Å². The number of hydrogen-bond acceptors (Lipinski definition) is 4. The molecule has 1 rings (SSSR count). The van der Waals surface area contributed by atoms with E-state index < -0.39 is 17.2 Å². The smallest absolute Gasteiger partial charge is 0.141 e. The van der Waals surface area contributed by atoms with Gasteiger partial charge in [0.15, 0.2) is 0 Å². The monoisotopic (exact) mass is 259 g/mol. The molecule has 6 heteroatoms. The maximum absolute atomic E-state index is 13.1. The Bertz CT molecular complexity index is 395. The van der Waals surface area contributed by atoms with Crippen LogP contribution in [0.4, 0.5) is 10.2 Å². The predicted octanol–water partition coefficient (Wildman–Crippen LogP) is 1.92. The van der Waals surface area contributed by atoms with Crippen molar-refractivity contribution < 1.29 is 8.94 Å². The number of anilines is 1. The Morgan fingerprint density at radius 2 is 2.12 bits per heavy atom. The number of halogens is 1. The van der Waals surface area contributed by atoms with Crippen LogP contribution in [0, 0.1) is 5.82 Å². The third-order valence-electron chi connectivity index (χ3n) is 2.22. The average Bonchev–Trinajstić information content (AvgIpc) is 2.20. The number of nitrogen functional groups attached to an aromatic ring is 1. The Hall–Kier alpha value is -0.850. The summed E-state index contributed by atoms with van der Waals surface area (Å²) in [6, 6.07) is 0.984. The van der Waals surface area contributed by atoms with Crippen LogP contribution in [0.5, 0.6) is 0 Å². The first kappa shape index (κ1) is 14.2. The maximum atomic E-state index is 13.1. The van der Waals surface area contributed by atoms with E-state index in [4.69, 9.17) is 5.73 Å². The van der Waals surface area contributed by atoms with Crippen LogP contribution in [-0.2, 0) is 11.4 Å². The third-order valence-corrected chi connectivity index (χ3v) is 3.90. The van der Waals surface area contributed by atoms with Crippen LogP contribution in [0.3, 0.4) is 0 Å². The van der Waals surface area contributed by atoms with Crippen LogP contribution in [0.2, 0.25) is 0 Å². The molecule has 96 valence electrons. The summed E-state index contributed by atoms with van der Waals surface area (Å²) >= 11 is -1.24. The van der Waals surface area contributed by atoms with E-state index in [0.717, 1.165) is 6.20 Å². The van der Waals surface area contributed by atoms with Crippen LogP contribution >= 0.6 is 0 Å². The minimum atomic E-state index is -1.24. The van der Waals surface area contributed by atoms with Gasteiger partial charge < -0.3 is 10.3 Å². The molecule has 2 atom stereocenters. The second-order valence-corrected chi connectivity index (χ2v) is 6.85. The second-order valence-electron chi connectivity index (χ2n) is 4.85. The van der Waals surface area contributed by atoms with Gasteiger partial charge >= 0.3 is 0 Å². The molecular weight excluding hydrogens is 241 g/mol. The highest BCUT2D eigenvalue weighted by Crippen LogP contribution is 2.22. The van der Waals surface area contributed by atoms with Gasteiger partial charge in [-0.3, -0.25) is 0 Å². The van der Waals surface area contributed by atoms with Crippen molar-refractivity contribution in [1.82, 2.24) is 9.71 Å². The van der Waals surface area contributed by atoms with Gasteiger partial charge in [-0.05, 0) is 33.8 Å². The molecule has 0 amide bonds. The molecule has 0 saturated heterocycles. The molecule has 0 saturated carbocycles. The first-order valence-corrected chi connectivity index (χ1v) is 6.45. The molecule has 0 radical (unpaired) electrons. The Kier molecular flexibility index (Phi) is 4.35. The highest BCUT2D eigenvalue weighted by molar-refractivity contribution is 7.90. The topological polar surface area (TPSA) is 74.0 Å². The second kappa shape index (κ2) is 5.20. The summed E-state index contributed by atoms with van der Waals surface area (Å²) in [5.41, 5.74) is 6.17. The molecule has 0 aliphatic heterocycles. The van der Waals surface area contributed by atoms with Crippen molar-refractivity contribution in [2.75, 3.05) is 5.73 Å². The summed E-state index contributed by atoms with van der Waals surface area (Å²) in [7, 11) is 0. The van der Waals surface area contributed by atoms with Crippen LogP contribution in [0.25, 0.3) is 0 Å². The first-order chi connectivity index (χ1) is 7.71. The Labute approximate surface area is 104 Å². The number of nitrogens with one attached hydrogen (secondary N) is 1. The number of hydrogen-bond donors (Lipinski definition) is 2. The highest BCUT2D eigenvalue weighted by Gasteiger charge is 2.29. The molecule has 4 nitrogen and oxygen atoms in total. The minimum Gasteiger partial charge on any atom is -0.598 e. The summed E-state index contributed by atoms with van der Waals surface area (Å²) in [5, 5.41) is 0. The molecule has 0 aromatic carbocycles. The summed E-state index contributed by atoms with van der Waals surface area (Å²) in [6.45, 7) is 7.35. The van der Waals surface area contributed by atoms with E-state index in [1.54, 1.807) is 6.92 Å². The van der Waals surface area contributed by atoms with Gasteiger partial charge in [-0.25, -0.2) is 9.37 Å². The highest BCUT2D eigenvalue weighted by atomic mass is 32.2. The lowest BCUT2D eigenvalue weighted by Crippen LogP contribution is -2.40. The van der Waals surface area contributed by atoms with Crippen molar-refractivity contribution in [2.45, 2.75) is 38.5 Å². The molecule has 0 aliphatic carbocycles. The van der Waals surface area contributed by atoms with Crippen LogP contribution in [-0.4, -0.2) is 14.3 Å². The van der Waals surface area contributed by atoms with E-state index in [1.807, 2.05) is 20.8 Å². The molecule has 1 heterocycles. The number of pyridine rings is 1. The molecule has 1 aromatic heterocycles. The predicted molar refractivity (Wildman–Crippen MR) is 68.1 cm³/mol. The van der Waals surface area contributed by atoms with E-state index in [2.05, 4.69) is 9.71 Å². The molecule has 0 aliphatic rings. The van der Waals surface area contributed by atoms with Gasteiger partial charge in [0.2, 0.25) is 0 Å². The standard InChI is InChI=1S/C11H18FN3OS/c1-7(15-17(16)11(2,3)4)9-5-8(12)6-14-10(9)13/h5-7,15H,1-4H3,(H2,13,14)/t7-,17-/m1/s1. The molecule has 17 heavy (non-hydrogen) atoms. The zero-order chi connectivity index (χ0) is 13.2. The molecule has 0 unspecified atom stereocenters. The van der Waals surface area contributed by atoms with Gasteiger partial charge in [-0.15, -0.1) is 4.72 Å². The van der Waals surface area contributed by atoms with Crippen molar-refractivity contribution in [2.24, 2.45) is 0 Å². The summed E-state index contributed by atoms with van der Waals surface area (Å²) in [6.07, 6.45) is 1.06. The lowest BCUT2D eigenvalue weighted by atomic mass is 10.1. The number of nitrogens with zero attached hydrogens (tertiary/aromatic N) is 1. The molecule has 0 bridgehead atoms. The van der Waals surface area contributed by atoms with Gasteiger partial charge in [0.1, 0.15) is 16.4 Å². The van der Waals surface area contributed by atoms with Crippen molar-refractivity contribution in [1.29, 1.82) is 0 Å². The zero-order valence-corrected chi connectivity index (χ0v) is 11.3. The minimum absolute atomic E-state index is 0.248. The molecule has 0 spiro atoms. The van der Waals surface area contributed by atoms with Gasteiger partial charge in [0.05, 0.1) is 12.2 Å². The largest absolute Gasteiger partial charge is 0.598 e. The lowest BCUT2D eigenvalue weighted by molar-refractivity contribution is 0.530. The fraction of sp³-hybridized carbons (Fsp3) is 0.545. The number of rotatable bonds is 3. The number of aromatic nitrogens is 1. The van der Waals surface area contributed by atoms with E-state index in [9.17, 15) is 8.94 Å². The normalized spacial score (nSPS) is 15.6. The molecule has 0 fully saturated rings. The van der Waals surface area contributed by atoms with Gasteiger partial charge in [-0.2, -0.15) is 0 Å². The zero-order valence-electron chi connectivity index (χ0n) is 10.5. The van der Waals surface area contributed by atoms with Crippen molar-refractivity contribution >= 4 is 17.2 Å². The summed E-state index contributed by atoms with van der Waals surface area (Å²) in [5.74, 6) is -0.207. The first-order valence-electron chi connectivity index (χ1n) is 5.31. The number of nitrogens with two attached hydrogens (primary N) is 1. The average molecular weight is 259 g/mol. The van der Waals surface area contributed by atoms with Gasteiger partial charge in [-0.1, -0.05) is 0 Å². The Balaban J connectivity index is 2.83. The fourth-order valence-electron chi connectivity index (χ4n) is 1.21. The quantitative estimate of drug-likeness (QED) is 0.813. The maximum Gasteiger partial charge on any atom is 0.141 e. The van der Waals surface area contributed by atoms with Crippen molar-refractivity contribution in [3.8, 4) is 0 Å². The van der Waals surface area contributed by atoms with E-state index in [-0.39, 0.29) is 16.6 Å². The van der Waals surface area contributed by atoms with Crippen LogP contribution in [0.1, 0.15) is 39.3 Å². The lowest BCUT2D eigenvalue weighted by Gasteiger charge is -2.26. The van der Waals surface area contributed by atoms with Crippen LogP contribution in [0.15, 0.2) is 12.3 Å². The summed E-state index contributed by atoms with van der Waals surface area (Å²) in [4.78, 5) is 3.73. The molecular formula is C11H18FN3OS. The Morgan fingerprint density at radius 1 is 1.53 bits per heavy atom. The molecule has 3 N–H and O–H groups in total. The SMILES string of the molecule is C[C@@H](N[S@+]([O-])C(C)(C)C)c1cc(F)cnc1N. The van der Waals surface area contributed by atoms with E-state index >= 15 is 0 Å². The third kappa shape index (κ3) is 3.83. The van der Waals surface area contributed by atoms with E-state index in [0.29, 0.717) is 5.56 Å². The fourth-order valence-corrected chi connectivity index (χ4v) is 2.01. The Morgan fingerprint density at radius 3 is 2.65 bits per heavy atom. The molecule has 1 aromatic rings. The summed E-state index contributed by atoms with van der Waals surface area (Å²) < 4.78 is 27.5. The van der Waals surface area contributed by atoms with Crippen LogP contribution < -0.4 is 10.5 Å².